The Bertz CT molecular complexity index is 3980. The third-order valence-electron chi connectivity index (χ3n) is 15.7. The van der Waals surface area contributed by atoms with Crippen LogP contribution in [0.1, 0.15) is 74.9 Å². The fourth-order valence-corrected chi connectivity index (χ4v) is 12.3. The Labute approximate surface area is 417 Å². The Morgan fingerprint density at radius 2 is 1.01 bits per heavy atom. The molecule has 4 heterocycles. The molecule has 9 aromatic carbocycles. The molecule has 2 aliphatic rings. The molecule has 11 aromatic rings. The van der Waals surface area contributed by atoms with Crippen LogP contribution in [0.5, 0.6) is 0 Å². The number of rotatable bonds is 4. The van der Waals surface area contributed by atoms with E-state index in [0.717, 1.165) is 27.6 Å². The first-order chi connectivity index (χ1) is 34.2. The van der Waals surface area contributed by atoms with Crippen molar-refractivity contribution in [3.8, 4) is 16.8 Å². The van der Waals surface area contributed by atoms with Crippen LogP contribution in [-0.4, -0.2) is 11.3 Å². The molecule has 71 heavy (non-hydrogen) atoms. The second-order valence-corrected chi connectivity index (χ2v) is 22.4. The second kappa shape index (κ2) is 15.4. The summed E-state index contributed by atoms with van der Waals surface area (Å²) >= 11 is 0. The van der Waals surface area contributed by atoms with E-state index in [-0.39, 0.29) is 17.5 Å². The van der Waals surface area contributed by atoms with E-state index in [9.17, 15) is 0 Å². The Hall–Kier alpha value is -7.76. The minimum Gasteiger partial charge on any atom is -0.456 e. The molecule has 0 spiro atoms. The van der Waals surface area contributed by atoms with E-state index in [1.165, 1.54) is 117 Å². The number of nitrogens with zero attached hydrogens (tertiary/aromatic N) is 3. The predicted molar refractivity (Wildman–Crippen MR) is 304 cm³/mol. The summed E-state index contributed by atoms with van der Waals surface area (Å²) in [5.74, 6) is 0. The summed E-state index contributed by atoms with van der Waals surface area (Å²) in [6.45, 7) is 23.3. The zero-order valence-electron chi connectivity index (χ0n) is 42.5. The number of fused-ring (bicyclic) bond motifs is 10. The van der Waals surface area contributed by atoms with Gasteiger partial charge in [0, 0.05) is 50.0 Å². The third kappa shape index (κ3) is 6.44. The van der Waals surface area contributed by atoms with Gasteiger partial charge in [-0.1, -0.05) is 145 Å². The lowest BCUT2D eigenvalue weighted by atomic mass is 9.33. The van der Waals surface area contributed by atoms with E-state index in [2.05, 4.69) is 253 Å². The normalized spacial score (nSPS) is 13.4. The van der Waals surface area contributed by atoms with Crippen molar-refractivity contribution in [2.75, 3.05) is 9.80 Å². The summed E-state index contributed by atoms with van der Waals surface area (Å²) in [5.41, 5.74) is 26.5. The van der Waals surface area contributed by atoms with Gasteiger partial charge in [0.05, 0.1) is 22.4 Å². The summed E-state index contributed by atoms with van der Waals surface area (Å²) in [5, 5.41) is 4.83. The monoisotopic (exact) mass is 919 g/mol. The van der Waals surface area contributed by atoms with E-state index >= 15 is 0 Å². The zero-order chi connectivity index (χ0) is 48.8. The zero-order valence-corrected chi connectivity index (χ0v) is 42.5. The molecule has 0 radical (unpaired) electrons. The van der Waals surface area contributed by atoms with Crippen molar-refractivity contribution in [1.82, 2.24) is 4.57 Å². The quantitative estimate of drug-likeness (QED) is 0.164. The Morgan fingerprint density at radius 1 is 0.423 bits per heavy atom. The summed E-state index contributed by atoms with van der Waals surface area (Å²) in [6, 6.07) is 63.9. The second-order valence-electron chi connectivity index (χ2n) is 22.4. The third-order valence-corrected chi connectivity index (χ3v) is 15.7. The molecule has 13 rings (SSSR count). The fraction of sp³-hybridized carbons (Fsp3) is 0.182. The summed E-state index contributed by atoms with van der Waals surface area (Å²) < 4.78 is 8.89. The van der Waals surface area contributed by atoms with Crippen molar-refractivity contribution in [3.05, 3.63) is 203 Å². The fourth-order valence-electron chi connectivity index (χ4n) is 12.3. The highest BCUT2D eigenvalue weighted by atomic mass is 16.3. The van der Waals surface area contributed by atoms with E-state index < -0.39 is 0 Å². The maximum atomic E-state index is 6.41. The van der Waals surface area contributed by atoms with Crippen LogP contribution in [0.15, 0.2) is 174 Å². The molecule has 0 bridgehead atoms. The smallest absolute Gasteiger partial charge is 0.252 e. The first-order valence-electron chi connectivity index (χ1n) is 25.3. The molecular weight excluding hydrogens is 862 g/mol. The first-order valence-corrected chi connectivity index (χ1v) is 25.3. The van der Waals surface area contributed by atoms with Crippen LogP contribution in [0.2, 0.25) is 0 Å². The molecule has 0 fully saturated rings. The minimum absolute atomic E-state index is 0.0479. The van der Waals surface area contributed by atoms with Crippen molar-refractivity contribution in [1.29, 1.82) is 0 Å². The van der Waals surface area contributed by atoms with Crippen LogP contribution < -0.4 is 26.2 Å². The van der Waals surface area contributed by atoms with Gasteiger partial charge in [0.15, 0.2) is 0 Å². The van der Waals surface area contributed by atoms with Crippen molar-refractivity contribution in [2.45, 2.75) is 80.1 Å². The molecule has 0 N–H and O–H groups in total. The molecule has 2 aliphatic heterocycles. The lowest BCUT2D eigenvalue weighted by molar-refractivity contribution is 0.590. The molecule has 0 amide bonds. The van der Waals surface area contributed by atoms with Crippen LogP contribution in [0.4, 0.5) is 34.1 Å². The highest BCUT2D eigenvalue weighted by Crippen LogP contribution is 2.51. The lowest BCUT2D eigenvalue weighted by Gasteiger charge is -2.46. The Morgan fingerprint density at radius 3 is 1.72 bits per heavy atom. The molecule has 0 atom stereocenters. The average Bonchev–Trinajstić information content (AvgIpc) is 3.89. The summed E-state index contributed by atoms with van der Waals surface area (Å²) in [6.07, 6.45) is 0. The van der Waals surface area contributed by atoms with E-state index in [1.807, 2.05) is 0 Å². The van der Waals surface area contributed by atoms with Crippen LogP contribution in [0.3, 0.4) is 0 Å². The molecule has 2 aromatic heterocycles. The highest BCUT2D eigenvalue weighted by molar-refractivity contribution is 7.00. The van der Waals surface area contributed by atoms with E-state index in [1.54, 1.807) is 0 Å². The van der Waals surface area contributed by atoms with Gasteiger partial charge in [-0.2, -0.15) is 0 Å². The lowest BCUT2D eigenvalue weighted by Crippen LogP contribution is -2.61. The van der Waals surface area contributed by atoms with Crippen LogP contribution in [-0.2, 0) is 10.8 Å². The van der Waals surface area contributed by atoms with Crippen LogP contribution in [0, 0.1) is 27.7 Å². The van der Waals surface area contributed by atoms with Gasteiger partial charge in [-0.05, 0) is 166 Å². The van der Waals surface area contributed by atoms with Gasteiger partial charge in [0.2, 0.25) is 0 Å². The summed E-state index contributed by atoms with van der Waals surface area (Å²) in [4.78, 5) is 5.29. The largest absolute Gasteiger partial charge is 0.456 e. The molecular formula is C66H58BN3O. The van der Waals surface area contributed by atoms with Gasteiger partial charge < -0.3 is 18.8 Å². The van der Waals surface area contributed by atoms with Crippen molar-refractivity contribution in [2.24, 2.45) is 0 Å². The molecule has 346 valence electrons. The maximum absolute atomic E-state index is 6.41. The van der Waals surface area contributed by atoms with Gasteiger partial charge in [-0.25, -0.2) is 0 Å². The highest BCUT2D eigenvalue weighted by Gasteiger charge is 2.46. The molecule has 0 aliphatic carbocycles. The number of benzene rings is 9. The Balaban J connectivity index is 1.15. The predicted octanol–water partition coefficient (Wildman–Crippen LogP) is 16.3. The minimum atomic E-state index is -0.153. The van der Waals surface area contributed by atoms with Gasteiger partial charge in [0.1, 0.15) is 11.2 Å². The van der Waals surface area contributed by atoms with Crippen LogP contribution >= 0.6 is 0 Å². The molecule has 5 heteroatoms. The van der Waals surface area contributed by atoms with Crippen molar-refractivity contribution >= 4 is 101 Å². The molecule has 4 nitrogen and oxygen atoms in total. The molecule has 0 unspecified atom stereocenters. The SMILES string of the molecule is Cc1cc(-c2cccc3oc4ccccc4c23)cc(C)c1N1c2ccc(C(C)(C)C)cc2B2c3cc4c5ccccc5n(-c5ccccc5)c4cc3N(c3c(C)cccc3C)c3cc(C(C)(C)C)cc1c32. The molecule has 0 saturated heterocycles. The number of furan rings is 1. The van der Waals surface area contributed by atoms with Gasteiger partial charge in [0.25, 0.3) is 6.71 Å². The van der Waals surface area contributed by atoms with E-state index in [4.69, 9.17) is 4.42 Å². The van der Waals surface area contributed by atoms with Crippen LogP contribution in [0.25, 0.3) is 60.6 Å². The van der Waals surface area contributed by atoms with Crippen molar-refractivity contribution in [3.63, 3.8) is 0 Å². The standard InChI is InChI=1S/C66H58BN3O/c1-39-20-18-21-40(2)63(39)70-56-38-55-50(48-24-14-16-27-53(48)68(55)46-22-12-11-13-23-46)37-52(56)67-51-34-44(65(5,6)7)30-31-54(51)69(57-35-45(66(8,9)10)36-58(70)62(57)67)64-41(3)32-43(33-42(64)4)47-26-19-29-60-61(47)49-25-15-17-28-59(49)71-60/h11-38H,1-10H3. The molecule has 0 saturated carbocycles. The number of aryl methyl sites for hydroxylation is 4. The number of anilines is 6. The Kier molecular flexibility index (Phi) is 9.37. The summed E-state index contributed by atoms with van der Waals surface area (Å²) in [7, 11) is 0. The van der Waals surface area contributed by atoms with E-state index in [0.29, 0.717) is 0 Å². The van der Waals surface area contributed by atoms with Gasteiger partial charge in [-0.3, -0.25) is 0 Å². The first kappa shape index (κ1) is 43.3. The number of hydrogen-bond acceptors (Lipinski definition) is 3. The van der Waals surface area contributed by atoms with Gasteiger partial charge >= 0.3 is 0 Å². The van der Waals surface area contributed by atoms with Crippen molar-refractivity contribution < 1.29 is 4.42 Å². The maximum Gasteiger partial charge on any atom is 0.252 e. The topological polar surface area (TPSA) is 24.6 Å². The average molecular weight is 920 g/mol. The number of hydrogen-bond donors (Lipinski definition) is 0. The van der Waals surface area contributed by atoms with Gasteiger partial charge in [-0.15, -0.1) is 0 Å². The number of para-hydroxylation sites is 4. The number of aromatic nitrogens is 1.